The minimum absolute atomic E-state index is 0.520. The monoisotopic (exact) mass is 222 g/mol. The maximum atomic E-state index is 5.76. The van der Waals surface area contributed by atoms with Crippen LogP contribution >= 0.6 is 0 Å². The molecule has 1 rings (SSSR count). The summed E-state index contributed by atoms with van der Waals surface area (Å²) in [5.41, 5.74) is 0. The Bertz CT molecular complexity index is 242. The normalized spacial score (nSPS) is 28.8. The van der Waals surface area contributed by atoms with Crippen molar-refractivity contribution in [2.24, 2.45) is 11.8 Å². The first kappa shape index (κ1) is 13.5. The van der Waals surface area contributed by atoms with Gasteiger partial charge in [0.05, 0.1) is 12.2 Å². The van der Waals surface area contributed by atoms with Gasteiger partial charge in [-0.05, 0) is 31.6 Å². The molecule has 1 aliphatic heterocycles. The second-order valence-corrected chi connectivity index (χ2v) is 5.03. The molecule has 16 heavy (non-hydrogen) atoms. The quantitative estimate of drug-likeness (QED) is 0.461. The Labute approximate surface area is 101 Å². The fraction of sp³-hybridized carbons (Fsp3) is 0.733. The summed E-state index contributed by atoms with van der Waals surface area (Å²) in [7, 11) is 0. The molecule has 1 aliphatic rings. The standard InChI is InChI=1S/C15H26O/c1-5-7-8-10-12(3)11-14-15(16-14)13(4)9-6-2/h5,7-8,10,12-15H,6,9,11H2,1-4H3/b7-5-,10-8+. The van der Waals surface area contributed by atoms with Gasteiger partial charge in [0, 0.05) is 0 Å². The SMILES string of the molecule is C/C=C\C=C\C(C)CC1OC1C(C)CCC. The van der Waals surface area contributed by atoms with Crippen LogP contribution in [0.1, 0.15) is 47.0 Å². The summed E-state index contributed by atoms with van der Waals surface area (Å²) < 4.78 is 5.76. The predicted octanol–water partition coefficient (Wildman–Crippen LogP) is 4.35. The average Bonchev–Trinajstić information content (AvgIpc) is 2.98. The average molecular weight is 222 g/mol. The molecule has 0 aliphatic carbocycles. The highest BCUT2D eigenvalue weighted by atomic mass is 16.6. The highest BCUT2D eigenvalue weighted by Gasteiger charge is 2.42. The van der Waals surface area contributed by atoms with Crippen molar-refractivity contribution < 1.29 is 4.74 Å². The van der Waals surface area contributed by atoms with Crippen molar-refractivity contribution in [3.05, 3.63) is 24.3 Å². The van der Waals surface area contributed by atoms with Crippen molar-refractivity contribution in [1.29, 1.82) is 0 Å². The van der Waals surface area contributed by atoms with E-state index in [9.17, 15) is 0 Å². The first-order valence-electron chi connectivity index (χ1n) is 6.64. The second-order valence-electron chi connectivity index (χ2n) is 5.03. The summed E-state index contributed by atoms with van der Waals surface area (Å²) in [4.78, 5) is 0. The maximum absolute atomic E-state index is 5.76. The molecule has 4 unspecified atom stereocenters. The molecule has 4 atom stereocenters. The van der Waals surface area contributed by atoms with Crippen LogP contribution in [0, 0.1) is 11.8 Å². The summed E-state index contributed by atoms with van der Waals surface area (Å²) in [6.45, 7) is 8.87. The zero-order valence-corrected chi connectivity index (χ0v) is 11.1. The van der Waals surface area contributed by atoms with Gasteiger partial charge < -0.3 is 4.74 Å². The van der Waals surface area contributed by atoms with Crippen LogP contribution in [0.15, 0.2) is 24.3 Å². The Balaban J connectivity index is 2.20. The van der Waals surface area contributed by atoms with Crippen molar-refractivity contribution in [2.45, 2.75) is 59.2 Å². The van der Waals surface area contributed by atoms with Crippen LogP contribution in [0.2, 0.25) is 0 Å². The summed E-state index contributed by atoms with van der Waals surface area (Å²) in [6.07, 6.45) is 13.3. The lowest BCUT2D eigenvalue weighted by molar-refractivity contribution is 0.309. The Morgan fingerprint density at radius 2 is 2.00 bits per heavy atom. The zero-order chi connectivity index (χ0) is 12.0. The Morgan fingerprint density at radius 3 is 2.62 bits per heavy atom. The van der Waals surface area contributed by atoms with Gasteiger partial charge in [-0.25, -0.2) is 0 Å². The first-order valence-corrected chi connectivity index (χ1v) is 6.64. The van der Waals surface area contributed by atoms with Gasteiger partial charge in [0.2, 0.25) is 0 Å². The zero-order valence-electron chi connectivity index (χ0n) is 11.1. The van der Waals surface area contributed by atoms with E-state index in [0.29, 0.717) is 18.1 Å². The molecule has 92 valence electrons. The smallest absolute Gasteiger partial charge is 0.0867 e. The molecule has 0 aromatic heterocycles. The lowest BCUT2D eigenvalue weighted by atomic mass is 9.95. The third kappa shape index (κ3) is 4.52. The number of rotatable bonds is 7. The van der Waals surface area contributed by atoms with E-state index in [1.807, 2.05) is 6.92 Å². The molecule has 0 aromatic carbocycles. The minimum Gasteiger partial charge on any atom is -0.369 e. The van der Waals surface area contributed by atoms with Crippen LogP contribution in [0.25, 0.3) is 0 Å². The molecule has 0 amide bonds. The molecule has 1 heteroatoms. The number of hydrogen-bond acceptors (Lipinski definition) is 1. The van der Waals surface area contributed by atoms with Crippen LogP contribution < -0.4 is 0 Å². The molecule has 1 nitrogen and oxygen atoms in total. The highest BCUT2D eigenvalue weighted by Crippen LogP contribution is 2.36. The molecule has 0 N–H and O–H groups in total. The second kappa shape index (κ2) is 6.90. The van der Waals surface area contributed by atoms with Crippen LogP contribution in [-0.2, 0) is 4.74 Å². The van der Waals surface area contributed by atoms with E-state index in [-0.39, 0.29) is 0 Å². The van der Waals surface area contributed by atoms with Crippen molar-refractivity contribution in [3.8, 4) is 0 Å². The summed E-state index contributed by atoms with van der Waals surface area (Å²) in [5, 5.41) is 0. The maximum Gasteiger partial charge on any atom is 0.0867 e. The van der Waals surface area contributed by atoms with Crippen LogP contribution in [0.5, 0.6) is 0 Å². The minimum atomic E-state index is 0.520. The molecule has 0 spiro atoms. The summed E-state index contributed by atoms with van der Waals surface area (Å²) in [6, 6.07) is 0. The molecular formula is C15H26O. The Hall–Kier alpha value is -0.560. The van der Waals surface area contributed by atoms with Gasteiger partial charge in [-0.1, -0.05) is 51.5 Å². The third-order valence-electron chi connectivity index (χ3n) is 3.27. The molecule has 1 saturated heterocycles. The molecule has 0 radical (unpaired) electrons. The van der Waals surface area contributed by atoms with Gasteiger partial charge in [0.15, 0.2) is 0 Å². The fourth-order valence-corrected chi connectivity index (χ4v) is 2.28. The predicted molar refractivity (Wildman–Crippen MR) is 70.5 cm³/mol. The van der Waals surface area contributed by atoms with Gasteiger partial charge in [-0.15, -0.1) is 0 Å². The van der Waals surface area contributed by atoms with E-state index >= 15 is 0 Å². The van der Waals surface area contributed by atoms with Gasteiger partial charge in [0.1, 0.15) is 0 Å². The molecule has 0 bridgehead atoms. The number of allylic oxidation sites excluding steroid dienone is 4. The van der Waals surface area contributed by atoms with Gasteiger partial charge in [-0.3, -0.25) is 0 Å². The molecule has 1 heterocycles. The van der Waals surface area contributed by atoms with Gasteiger partial charge in [-0.2, -0.15) is 0 Å². The van der Waals surface area contributed by atoms with E-state index in [0.717, 1.165) is 5.92 Å². The van der Waals surface area contributed by atoms with E-state index in [2.05, 4.69) is 45.1 Å². The Morgan fingerprint density at radius 1 is 1.25 bits per heavy atom. The van der Waals surface area contributed by atoms with Gasteiger partial charge >= 0.3 is 0 Å². The lowest BCUT2D eigenvalue weighted by Gasteiger charge is -2.06. The van der Waals surface area contributed by atoms with Gasteiger partial charge in [0.25, 0.3) is 0 Å². The first-order chi connectivity index (χ1) is 7.69. The molecule has 0 saturated carbocycles. The fourth-order valence-electron chi connectivity index (χ4n) is 2.28. The molecular weight excluding hydrogens is 196 g/mol. The number of ether oxygens (including phenoxy) is 1. The van der Waals surface area contributed by atoms with Crippen molar-refractivity contribution >= 4 is 0 Å². The van der Waals surface area contributed by atoms with Crippen molar-refractivity contribution in [3.63, 3.8) is 0 Å². The topological polar surface area (TPSA) is 12.5 Å². The third-order valence-corrected chi connectivity index (χ3v) is 3.27. The van der Waals surface area contributed by atoms with Crippen LogP contribution in [0.3, 0.4) is 0 Å². The van der Waals surface area contributed by atoms with Crippen LogP contribution in [-0.4, -0.2) is 12.2 Å². The van der Waals surface area contributed by atoms with E-state index in [1.165, 1.54) is 19.3 Å². The molecule has 1 fully saturated rings. The van der Waals surface area contributed by atoms with E-state index < -0.39 is 0 Å². The van der Waals surface area contributed by atoms with E-state index in [1.54, 1.807) is 0 Å². The largest absolute Gasteiger partial charge is 0.369 e. The lowest BCUT2D eigenvalue weighted by Crippen LogP contribution is -2.08. The van der Waals surface area contributed by atoms with Crippen molar-refractivity contribution in [1.82, 2.24) is 0 Å². The van der Waals surface area contributed by atoms with Crippen LogP contribution in [0.4, 0.5) is 0 Å². The summed E-state index contributed by atoms with van der Waals surface area (Å²) >= 11 is 0. The van der Waals surface area contributed by atoms with E-state index in [4.69, 9.17) is 4.74 Å². The highest BCUT2D eigenvalue weighted by molar-refractivity contribution is 5.04. The number of hydrogen-bond donors (Lipinski definition) is 0. The molecule has 0 aromatic rings. The summed E-state index contributed by atoms with van der Waals surface area (Å²) in [5.74, 6) is 1.36. The Kier molecular flexibility index (Phi) is 5.83. The number of epoxide rings is 1. The van der Waals surface area contributed by atoms with Crippen molar-refractivity contribution in [2.75, 3.05) is 0 Å².